The highest BCUT2D eigenvalue weighted by Crippen LogP contribution is 2.44. The molecule has 0 amide bonds. The van der Waals surface area contributed by atoms with Crippen LogP contribution in [0.5, 0.6) is 0 Å². The van der Waals surface area contributed by atoms with Crippen molar-refractivity contribution in [3.05, 3.63) is 36.4 Å². The summed E-state index contributed by atoms with van der Waals surface area (Å²) in [5.41, 5.74) is 0.238. The van der Waals surface area contributed by atoms with Gasteiger partial charge in [0.1, 0.15) is 14.7 Å². The molecule has 0 aromatic heterocycles. The molecular weight excluding hydrogens is 550 g/mol. The van der Waals surface area contributed by atoms with Crippen LogP contribution in [0.3, 0.4) is 0 Å². The maximum absolute atomic E-state index is 12.3. The number of hydrogen-bond acceptors (Lipinski definition) is 9. The Balaban J connectivity index is 2.03. The molecule has 0 saturated carbocycles. The zero-order valence-electron chi connectivity index (χ0n) is 19.0. The normalized spacial score (nSPS) is 13.4. The number of nitrogens with one attached hydrogen (secondary N) is 1. The fourth-order valence-electron chi connectivity index (χ4n) is 4.54. The fraction of sp³-hybridized carbons (Fsp3) is 0.273. The Morgan fingerprint density at radius 3 is 1.51 bits per heavy atom. The third kappa shape index (κ3) is 5.35. The van der Waals surface area contributed by atoms with Crippen molar-refractivity contribution in [3.8, 4) is 0 Å². The number of aliphatic hydroxyl groups is 2. The highest BCUT2D eigenvalue weighted by molar-refractivity contribution is 7.87. The van der Waals surface area contributed by atoms with Gasteiger partial charge >= 0.3 is 0 Å². The van der Waals surface area contributed by atoms with Crippen LogP contribution in [0.2, 0.25) is 0 Å². The lowest BCUT2D eigenvalue weighted by atomic mass is 9.93. The largest absolute Gasteiger partial charge is 0.385 e. The van der Waals surface area contributed by atoms with E-state index in [1.807, 2.05) is 0 Å². The Labute approximate surface area is 212 Å². The first-order chi connectivity index (χ1) is 17.1. The molecule has 200 valence electrons. The van der Waals surface area contributed by atoms with Gasteiger partial charge < -0.3 is 15.5 Å². The SMILES string of the molecule is O=S(=O)(O)c1cc(NCCCCCC(O)O)c2ccc3c(S(=O)(=O)O)cc(S(=O)(=O)O)c4ccc1c2c34. The van der Waals surface area contributed by atoms with E-state index in [9.17, 15) is 38.9 Å². The van der Waals surface area contributed by atoms with E-state index in [2.05, 4.69) is 5.32 Å². The van der Waals surface area contributed by atoms with Crippen LogP contribution in [-0.2, 0) is 30.4 Å². The summed E-state index contributed by atoms with van der Waals surface area (Å²) in [6.07, 6.45) is 0.498. The Bertz CT molecular complexity index is 1780. The number of aliphatic hydroxyl groups excluding tert-OH is 1. The highest BCUT2D eigenvalue weighted by atomic mass is 32.2. The summed E-state index contributed by atoms with van der Waals surface area (Å²) in [5.74, 6) is 0. The van der Waals surface area contributed by atoms with E-state index in [1.54, 1.807) is 0 Å². The number of unbranched alkanes of at least 4 members (excludes halogenated alkanes) is 2. The van der Waals surface area contributed by atoms with E-state index in [0.717, 1.165) is 0 Å². The molecule has 0 heterocycles. The van der Waals surface area contributed by atoms with Gasteiger partial charge in [0.15, 0.2) is 6.29 Å². The van der Waals surface area contributed by atoms with Gasteiger partial charge in [-0.05, 0) is 31.4 Å². The second-order valence-electron chi connectivity index (χ2n) is 8.55. The number of anilines is 1. The molecular formula is C22H23NO11S3. The summed E-state index contributed by atoms with van der Waals surface area (Å²) in [5, 5.41) is 21.1. The van der Waals surface area contributed by atoms with E-state index >= 15 is 0 Å². The smallest absolute Gasteiger partial charge is 0.295 e. The molecule has 15 heteroatoms. The first-order valence-electron chi connectivity index (χ1n) is 10.9. The molecule has 4 aromatic carbocycles. The lowest BCUT2D eigenvalue weighted by Crippen LogP contribution is -2.08. The average Bonchev–Trinajstić information content (AvgIpc) is 2.77. The average molecular weight is 574 g/mol. The molecule has 0 saturated heterocycles. The van der Waals surface area contributed by atoms with Crippen LogP contribution in [0.25, 0.3) is 32.3 Å². The zero-order valence-corrected chi connectivity index (χ0v) is 21.4. The van der Waals surface area contributed by atoms with Gasteiger partial charge in [-0.25, -0.2) is 0 Å². The third-order valence-electron chi connectivity index (χ3n) is 6.07. The van der Waals surface area contributed by atoms with Crippen molar-refractivity contribution in [2.75, 3.05) is 11.9 Å². The second kappa shape index (κ2) is 9.59. The highest BCUT2D eigenvalue weighted by Gasteiger charge is 2.27. The standard InChI is InChI=1S/C22H23NO11S3/c24-20(25)4-2-1-3-9-23-16-10-17(35(26,27)28)13-7-8-15-19(37(32,33)34)11-18(36(29,30)31)14-6-5-12(16)21(13)22(14)15/h5-8,10-11,20,23-25H,1-4,9H2,(H,26,27,28)(H,29,30,31)(H,32,33,34). The summed E-state index contributed by atoms with van der Waals surface area (Å²) in [7, 11) is -14.8. The first kappa shape index (κ1) is 27.4. The molecule has 6 N–H and O–H groups in total. The molecule has 0 bridgehead atoms. The fourth-order valence-corrected chi connectivity index (χ4v) is 6.75. The predicted molar refractivity (Wildman–Crippen MR) is 135 cm³/mol. The van der Waals surface area contributed by atoms with Crippen molar-refractivity contribution in [1.82, 2.24) is 0 Å². The molecule has 0 radical (unpaired) electrons. The van der Waals surface area contributed by atoms with Crippen molar-refractivity contribution in [2.45, 2.75) is 46.7 Å². The van der Waals surface area contributed by atoms with Gasteiger partial charge in [0.2, 0.25) is 0 Å². The predicted octanol–water partition coefficient (Wildman–Crippen LogP) is 2.61. The number of rotatable bonds is 10. The van der Waals surface area contributed by atoms with Crippen molar-refractivity contribution < 1.29 is 49.1 Å². The Kier molecular flexibility index (Phi) is 7.11. The topological polar surface area (TPSA) is 216 Å². The quantitative estimate of drug-likeness (QED) is 0.0698. The van der Waals surface area contributed by atoms with Crippen LogP contribution in [-0.4, -0.2) is 62.0 Å². The minimum Gasteiger partial charge on any atom is -0.385 e. The van der Waals surface area contributed by atoms with Gasteiger partial charge in [0, 0.05) is 44.5 Å². The molecule has 0 aliphatic heterocycles. The van der Waals surface area contributed by atoms with Gasteiger partial charge in [0.05, 0.1) is 0 Å². The molecule has 4 aromatic rings. The minimum atomic E-state index is -4.98. The van der Waals surface area contributed by atoms with Crippen molar-refractivity contribution >= 4 is 68.4 Å². The molecule has 12 nitrogen and oxygen atoms in total. The summed E-state index contributed by atoms with van der Waals surface area (Å²) in [4.78, 5) is -2.13. The Morgan fingerprint density at radius 1 is 0.622 bits per heavy atom. The molecule has 0 atom stereocenters. The third-order valence-corrected chi connectivity index (χ3v) is 8.75. The maximum Gasteiger partial charge on any atom is 0.295 e. The maximum atomic E-state index is 12.3. The zero-order chi connectivity index (χ0) is 27.3. The molecule has 0 spiro atoms. The summed E-state index contributed by atoms with van der Waals surface area (Å²) < 4.78 is 103. The van der Waals surface area contributed by atoms with Gasteiger partial charge in [-0.1, -0.05) is 30.7 Å². The minimum absolute atomic E-state index is 0.0353. The Morgan fingerprint density at radius 2 is 1.05 bits per heavy atom. The monoisotopic (exact) mass is 573 g/mol. The van der Waals surface area contributed by atoms with Crippen molar-refractivity contribution in [2.24, 2.45) is 0 Å². The van der Waals surface area contributed by atoms with E-state index in [1.165, 1.54) is 30.3 Å². The van der Waals surface area contributed by atoms with E-state index in [0.29, 0.717) is 37.3 Å². The van der Waals surface area contributed by atoms with Gasteiger partial charge in [-0.2, -0.15) is 25.3 Å². The van der Waals surface area contributed by atoms with Gasteiger partial charge in [-0.15, -0.1) is 0 Å². The lowest BCUT2D eigenvalue weighted by Gasteiger charge is -2.19. The Hall–Kier alpha value is -2.63. The van der Waals surface area contributed by atoms with Crippen LogP contribution < -0.4 is 5.32 Å². The molecule has 37 heavy (non-hydrogen) atoms. The van der Waals surface area contributed by atoms with Crippen LogP contribution in [0, 0.1) is 0 Å². The van der Waals surface area contributed by atoms with Gasteiger partial charge in [-0.3, -0.25) is 13.7 Å². The molecule has 0 aliphatic carbocycles. The van der Waals surface area contributed by atoms with Crippen LogP contribution in [0.4, 0.5) is 5.69 Å². The first-order valence-corrected chi connectivity index (χ1v) is 15.2. The van der Waals surface area contributed by atoms with Crippen molar-refractivity contribution in [3.63, 3.8) is 0 Å². The van der Waals surface area contributed by atoms with Crippen LogP contribution in [0.1, 0.15) is 25.7 Å². The molecule has 0 fully saturated rings. The van der Waals surface area contributed by atoms with E-state index < -0.39 is 51.3 Å². The molecule has 4 rings (SSSR count). The summed E-state index contributed by atoms with van der Waals surface area (Å²) in [6.45, 7) is 0.322. The molecule has 0 unspecified atom stereocenters. The van der Waals surface area contributed by atoms with E-state index in [-0.39, 0.29) is 39.0 Å². The second-order valence-corrected chi connectivity index (χ2v) is 12.7. The van der Waals surface area contributed by atoms with Crippen LogP contribution in [0.15, 0.2) is 51.1 Å². The van der Waals surface area contributed by atoms with E-state index in [4.69, 9.17) is 10.2 Å². The number of benzene rings is 4. The van der Waals surface area contributed by atoms with Gasteiger partial charge in [0.25, 0.3) is 30.4 Å². The number of hydrogen-bond donors (Lipinski definition) is 6. The summed E-state index contributed by atoms with van der Waals surface area (Å²) in [6, 6.07) is 7.02. The van der Waals surface area contributed by atoms with Crippen LogP contribution >= 0.6 is 0 Å². The van der Waals surface area contributed by atoms with Crippen molar-refractivity contribution in [1.29, 1.82) is 0 Å². The lowest BCUT2D eigenvalue weighted by molar-refractivity contribution is -0.0465. The molecule has 0 aliphatic rings. The summed E-state index contributed by atoms with van der Waals surface area (Å²) >= 11 is 0.